The number of hydrazone groups is 2. The summed E-state index contributed by atoms with van der Waals surface area (Å²) < 4.78 is 10.3. The third-order valence-corrected chi connectivity index (χ3v) is 11.8. The molecule has 9 heteroatoms. The van der Waals surface area contributed by atoms with Crippen molar-refractivity contribution < 1.29 is 4.74 Å². The largest absolute Gasteiger partial charge is 0.485 e. The topological polar surface area (TPSA) is 40.4 Å². The first-order valence-corrected chi connectivity index (χ1v) is 19.3. The van der Waals surface area contributed by atoms with Gasteiger partial charge in [-0.05, 0) is 65.2 Å². The van der Waals surface area contributed by atoms with E-state index < -0.39 is 12.2 Å². The highest BCUT2D eigenvalue weighted by molar-refractivity contribution is 8.48. The van der Waals surface area contributed by atoms with Crippen molar-refractivity contribution >= 4 is 50.4 Å². The monoisotopic (exact) mass is 622 g/mol. The van der Waals surface area contributed by atoms with E-state index in [-0.39, 0.29) is 5.92 Å². The summed E-state index contributed by atoms with van der Waals surface area (Å²) in [6.45, 7) is 11.1. The molecule has 0 amide bonds. The summed E-state index contributed by atoms with van der Waals surface area (Å²) in [6, 6.07) is 0. The van der Waals surface area contributed by atoms with Crippen molar-refractivity contribution in [3.8, 4) is 12.3 Å². The van der Waals surface area contributed by atoms with Crippen LogP contribution in [0.2, 0.25) is 0 Å². The molecule has 0 fully saturated rings. The van der Waals surface area contributed by atoms with Gasteiger partial charge in [0.05, 0.1) is 26.5 Å². The van der Waals surface area contributed by atoms with Gasteiger partial charge in [0, 0.05) is 39.4 Å². The summed E-state index contributed by atoms with van der Waals surface area (Å²) in [7, 11) is 4.55. The minimum absolute atomic E-state index is 0.169. The number of ether oxygens (including phenoxy) is 1. The third kappa shape index (κ3) is 18.0. The maximum atomic E-state index is 6.48. The molecule has 0 spiro atoms. The molecule has 224 valence electrons. The van der Waals surface area contributed by atoms with Crippen LogP contribution in [0.1, 0.15) is 73.6 Å². The minimum Gasteiger partial charge on any atom is -0.485 e. The summed E-state index contributed by atoms with van der Waals surface area (Å²) >= 11 is 7.72. The van der Waals surface area contributed by atoms with Gasteiger partial charge >= 0.3 is 0 Å². The lowest BCUT2D eigenvalue weighted by molar-refractivity contribution is 0.103. The van der Waals surface area contributed by atoms with Crippen LogP contribution in [0, 0.1) is 24.2 Å². The quantitative estimate of drug-likeness (QED) is 0.0257. The van der Waals surface area contributed by atoms with Crippen molar-refractivity contribution in [2.45, 2.75) is 79.0 Å². The highest BCUT2D eigenvalue weighted by atomic mass is 32.7. The van der Waals surface area contributed by atoms with E-state index in [2.05, 4.69) is 67.5 Å². The van der Waals surface area contributed by atoms with Crippen LogP contribution in [0.4, 0.5) is 0 Å². The average Bonchev–Trinajstić information content (AvgIpc) is 2.91. The van der Waals surface area contributed by atoms with Crippen molar-refractivity contribution in [1.82, 2.24) is 9.56 Å². The van der Waals surface area contributed by atoms with Gasteiger partial charge < -0.3 is 4.74 Å². The first-order chi connectivity index (χ1) is 19.0. The fourth-order valence-corrected chi connectivity index (χ4v) is 6.35. The highest BCUT2D eigenvalue weighted by Crippen LogP contribution is 2.44. The Labute approximate surface area is 257 Å². The number of terminal acetylenes is 1. The summed E-state index contributed by atoms with van der Waals surface area (Å²) in [6.07, 6.45) is 32.8. The Morgan fingerprint density at radius 2 is 1.85 bits per heavy atom. The van der Waals surface area contributed by atoms with Crippen LogP contribution in [0.3, 0.4) is 0 Å². The zero-order valence-corrected chi connectivity index (χ0v) is 29.7. The molecule has 3 atom stereocenters. The Morgan fingerprint density at radius 1 is 1.15 bits per heavy atom. The predicted octanol–water partition coefficient (Wildman–Crippen LogP) is 9.41. The van der Waals surface area contributed by atoms with Gasteiger partial charge in [-0.25, -0.2) is 0 Å². The van der Waals surface area contributed by atoms with Gasteiger partial charge in [0.1, 0.15) is 5.34 Å². The van der Waals surface area contributed by atoms with E-state index in [1.165, 1.54) is 5.57 Å². The van der Waals surface area contributed by atoms with Gasteiger partial charge in [-0.2, -0.15) is 10.2 Å². The van der Waals surface area contributed by atoms with Crippen molar-refractivity contribution in [2.24, 2.45) is 22.0 Å². The number of hydrogen-bond donors (Lipinski definition) is 0. The van der Waals surface area contributed by atoms with Gasteiger partial charge in [-0.1, -0.05) is 79.7 Å². The molecular weight excluding hydrogens is 570 g/mol. The van der Waals surface area contributed by atoms with Crippen LogP contribution in [0.25, 0.3) is 0 Å². The van der Waals surface area contributed by atoms with Crippen LogP contribution < -0.4 is 0 Å². The Bertz CT molecular complexity index is 992. The molecule has 40 heavy (non-hydrogen) atoms. The van der Waals surface area contributed by atoms with Crippen LogP contribution >= 0.6 is 26.2 Å². The molecule has 0 N–H and O–H groups in total. The lowest BCUT2D eigenvalue weighted by atomic mass is 9.98. The van der Waals surface area contributed by atoms with E-state index >= 15 is 0 Å². The number of nitrogens with zero attached hydrogens (tertiary/aromatic N) is 4. The molecule has 3 unspecified atom stereocenters. The maximum absolute atomic E-state index is 6.48. The fraction of sp³-hybridized carbons (Fsp3) is 0.548. The zero-order valence-electron chi connectivity index (χ0n) is 26.1. The van der Waals surface area contributed by atoms with Gasteiger partial charge in [-0.3, -0.25) is 9.56 Å². The molecule has 0 aliphatic rings. The molecule has 0 rings (SSSR count). The first kappa shape index (κ1) is 38.4. The molecule has 0 aromatic carbocycles. The van der Waals surface area contributed by atoms with E-state index in [4.69, 9.17) is 23.0 Å². The SMILES string of the molecule is C#CC(C=NN(C)[PH](=S)C(C)(C)O/C(=C/C=C/C)CC/C=C\CC=NN(C)PSC)/C=C\CC/C(=C\C)C(C)C. The molecule has 0 aromatic heterocycles. The molecule has 0 saturated heterocycles. The van der Waals surface area contributed by atoms with Crippen LogP contribution in [0.5, 0.6) is 0 Å². The molecule has 0 aliphatic carbocycles. The highest BCUT2D eigenvalue weighted by Gasteiger charge is 2.28. The van der Waals surface area contributed by atoms with E-state index in [0.29, 0.717) is 13.9 Å². The van der Waals surface area contributed by atoms with Gasteiger partial charge in [-0.15, -0.1) is 17.8 Å². The minimum atomic E-state index is -1.58. The van der Waals surface area contributed by atoms with Crippen molar-refractivity contribution in [3.63, 3.8) is 0 Å². The van der Waals surface area contributed by atoms with Crippen molar-refractivity contribution in [2.75, 3.05) is 20.4 Å². The normalized spacial score (nSPS) is 15.5. The van der Waals surface area contributed by atoms with Crippen molar-refractivity contribution in [3.05, 3.63) is 59.9 Å². The Hall–Kier alpha value is -1.57. The van der Waals surface area contributed by atoms with Gasteiger partial charge in [0.15, 0.2) is 0 Å². The smallest absolute Gasteiger partial charge is 0.146 e. The standard InChI is InChI=1S/C31H52N4OP2S2/c1-11-14-23-30(24-17-15-16-20-25-32-34(8)37-40-10)36-31(6,7)38(39)35(9)33-26-28(12-2)21-18-19-22-29(13-3)27(4)5/h2,11,13-16,18,21,23,25-28,37-38H,17,19-20,22,24H2,1,3-10H3/b14-11+,16-15-,21-18-,29-13+,30-23+,32-25?,33-26?. The second-order valence-corrected chi connectivity index (χ2v) is 16.5. The van der Waals surface area contributed by atoms with Gasteiger partial charge in [0.25, 0.3) is 0 Å². The summed E-state index contributed by atoms with van der Waals surface area (Å²) in [4.78, 5) is 0. The number of allylic oxidation sites excluding steroid dienone is 10. The average molecular weight is 623 g/mol. The van der Waals surface area contributed by atoms with E-state index in [1.54, 1.807) is 17.6 Å². The lowest BCUT2D eigenvalue weighted by Gasteiger charge is -2.33. The summed E-state index contributed by atoms with van der Waals surface area (Å²) in [5, 5.41) is 8.48. The van der Waals surface area contributed by atoms with Crippen LogP contribution in [-0.4, -0.2) is 47.7 Å². The molecule has 0 saturated carbocycles. The van der Waals surface area contributed by atoms with E-state index in [0.717, 1.165) is 37.9 Å². The molecular formula is C31H52N4OP2S2. The second kappa shape index (κ2) is 23.0. The molecule has 0 radical (unpaired) electrons. The van der Waals surface area contributed by atoms with Crippen molar-refractivity contribution in [1.29, 1.82) is 0 Å². The number of rotatable bonds is 20. The van der Waals surface area contributed by atoms with Crippen LogP contribution in [-0.2, 0) is 16.5 Å². The fourth-order valence-electron chi connectivity index (χ4n) is 3.59. The maximum Gasteiger partial charge on any atom is 0.146 e. The predicted molar refractivity (Wildman–Crippen MR) is 190 cm³/mol. The molecule has 0 bridgehead atoms. The van der Waals surface area contributed by atoms with Gasteiger partial charge in [0.2, 0.25) is 0 Å². The zero-order chi connectivity index (χ0) is 30.4. The first-order valence-electron chi connectivity index (χ1n) is 13.8. The Kier molecular flexibility index (Phi) is 22.1. The molecule has 0 aliphatic heterocycles. The molecule has 0 heterocycles. The Morgan fingerprint density at radius 3 is 2.45 bits per heavy atom. The van der Waals surface area contributed by atoms with E-state index in [9.17, 15) is 0 Å². The summed E-state index contributed by atoms with van der Waals surface area (Å²) in [5.41, 5.74) is 1.47. The molecule has 0 aromatic rings. The second-order valence-electron chi connectivity index (χ2n) is 9.90. The van der Waals surface area contributed by atoms with Crippen LogP contribution in [0.15, 0.2) is 70.1 Å². The number of hydrogen-bond acceptors (Lipinski definition) is 6. The third-order valence-electron chi connectivity index (χ3n) is 5.76. The summed E-state index contributed by atoms with van der Waals surface area (Å²) in [5.74, 6) is 4.12. The lowest BCUT2D eigenvalue weighted by Crippen LogP contribution is -2.24. The molecule has 5 nitrogen and oxygen atoms in total. The Balaban J connectivity index is 5.07. The van der Waals surface area contributed by atoms with E-state index in [1.807, 2.05) is 74.9 Å².